The van der Waals surface area contributed by atoms with Crippen LogP contribution < -0.4 is 15.4 Å². The Labute approximate surface area is 158 Å². The third-order valence-electron chi connectivity index (χ3n) is 4.62. The van der Waals surface area contributed by atoms with Crippen LogP contribution in [0.1, 0.15) is 30.9 Å². The number of aliphatic imine (C=N–C) groups is 1. The zero-order chi connectivity index (χ0) is 18.8. The minimum atomic E-state index is 0.187. The monoisotopic (exact) mass is 362 g/mol. The van der Waals surface area contributed by atoms with Crippen molar-refractivity contribution in [3.63, 3.8) is 0 Å². The van der Waals surface area contributed by atoms with E-state index in [1.807, 2.05) is 18.2 Å². The van der Waals surface area contributed by atoms with Crippen molar-refractivity contribution in [2.75, 3.05) is 54.6 Å². The van der Waals surface area contributed by atoms with Crippen LogP contribution in [0.2, 0.25) is 0 Å². The molecule has 0 radical (unpaired) electrons. The molecule has 1 aromatic carbocycles. The molecule has 0 spiro atoms. The summed E-state index contributed by atoms with van der Waals surface area (Å²) in [5.41, 5.74) is 1.16. The molecule has 0 bridgehead atoms. The first-order chi connectivity index (χ1) is 12.7. The molecule has 6 heteroatoms. The molecule has 1 atom stereocenters. The predicted molar refractivity (Wildman–Crippen MR) is 107 cm³/mol. The number of rotatable bonds is 11. The number of methoxy groups -OCH3 is 1. The van der Waals surface area contributed by atoms with Crippen LogP contribution in [0.25, 0.3) is 0 Å². The molecular formula is C20H34N4O2. The summed E-state index contributed by atoms with van der Waals surface area (Å²) in [5, 5.41) is 6.78. The van der Waals surface area contributed by atoms with Crippen LogP contribution in [0, 0.1) is 5.92 Å². The van der Waals surface area contributed by atoms with Gasteiger partial charge in [0, 0.05) is 38.9 Å². The van der Waals surface area contributed by atoms with Crippen LogP contribution in [-0.4, -0.2) is 65.4 Å². The fourth-order valence-electron chi connectivity index (χ4n) is 2.84. The minimum Gasteiger partial charge on any atom is -0.496 e. The summed E-state index contributed by atoms with van der Waals surface area (Å²) in [6.07, 6.45) is 3.67. The highest BCUT2D eigenvalue weighted by molar-refractivity contribution is 5.79. The van der Waals surface area contributed by atoms with Crippen molar-refractivity contribution in [2.45, 2.75) is 25.3 Å². The number of nitrogens with one attached hydrogen (secondary N) is 2. The van der Waals surface area contributed by atoms with Gasteiger partial charge in [0.25, 0.3) is 0 Å². The second-order valence-corrected chi connectivity index (χ2v) is 6.97. The quantitative estimate of drug-likeness (QED) is 0.359. The van der Waals surface area contributed by atoms with Gasteiger partial charge in [0.1, 0.15) is 5.75 Å². The Morgan fingerprint density at radius 2 is 2.04 bits per heavy atom. The molecule has 6 nitrogen and oxygen atoms in total. The average molecular weight is 363 g/mol. The van der Waals surface area contributed by atoms with Crippen LogP contribution in [0.5, 0.6) is 5.75 Å². The van der Waals surface area contributed by atoms with Crippen molar-refractivity contribution < 1.29 is 9.47 Å². The molecule has 146 valence electrons. The van der Waals surface area contributed by atoms with E-state index in [0.29, 0.717) is 0 Å². The number of hydrogen-bond donors (Lipinski definition) is 2. The number of guanidine groups is 1. The lowest BCUT2D eigenvalue weighted by Gasteiger charge is -2.27. The van der Waals surface area contributed by atoms with Crippen LogP contribution in [0.4, 0.5) is 0 Å². The number of nitrogens with zero attached hydrogens (tertiary/aromatic N) is 2. The smallest absolute Gasteiger partial charge is 0.191 e. The summed E-state index contributed by atoms with van der Waals surface area (Å²) < 4.78 is 11.2. The van der Waals surface area contributed by atoms with Gasteiger partial charge >= 0.3 is 0 Å². The molecule has 0 heterocycles. The molecule has 0 aliphatic heterocycles. The highest BCUT2D eigenvalue weighted by Gasteiger charge is 2.21. The fraction of sp³-hybridized carbons (Fsp3) is 0.650. The lowest BCUT2D eigenvalue weighted by atomic mass is 10.0. The second-order valence-electron chi connectivity index (χ2n) is 6.97. The summed E-state index contributed by atoms with van der Waals surface area (Å²) in [7, 11) is 7.66. The van der Waals surface area contributed by atoms with Crippen molar-refractivity contribution in [3.05, 3.63) is 29.8 Å². The van der Waals surface area contributed by atoms with Gasteiger partial charge in [-0.05, 0) is 45.3 Å². The topological polar surface area (TPSA) is 58.1 Å². The Morgan fingerprint density at radius 1 is 1.27 bits per heavy atom. The maximum absolute atomic E-state index is 5.67. The molecule has 1 fully saturated rings. The Kier molecular flexibility index (Phi) is 8.71. The van der Waals surface area contributed by atoms with Crippen LogP contribution in [0.15, 0.2) is 29.3 Å². The summed E-state index contributed by atoms with van der Waals surface area (Å²) >= 11 is 0. The molecule has 26 heavy (non-hydrogen) atoms. The van der Waals surface area contributed by atoms with E-state index >= 15 is 0 Å². The Morgan fingerprint density at radius 3 is 2.69 bits per heavy atom. The summed E-state index contributed by atoms with van der Waals surface area (Å²) in [6.45, 7) is 3.33. The van der Waals surface area contributed by atoms with E-state index in [1.54, 1.807) is 14.2 Å². The van der Waals surface area contributed by atoms with E-state index in [9.17, 15) is 0 Å². The standard InChI is InChI=1S/C20H34N4O2/c1-21-20(22-12-7-13-26-15-16-10-11-16)23-14-18(24(2)3)17-8-5-6-9-19(17)25-4/h5-6,8-9,16,18H,7,10-15H2,1-4H3,(H2,21,22,23). The molecule has 1 aliphatic carbocycles. The number of para-hydroxylation sites is 1. The third kappa shape index (κ3) is 6.84. The summed E-state index contributed by atoms with van der Waals surface area (Å²) in [5.74, 6) is 2.55. The predicted octanol–water partition coefficient (Wildman–Crippen LogP) is 2.28. The second kappa shape index (κ2) is 11.0. The van der Waals surface area contributed by atoms with Crippen molar-refractivity contribution in [1.82, 2.24) is 15.5 Å². The third-order valence-corrected chi connectivity index (χ3v) is 4.62. The van der Waals surface area contributed by atoms with Crippen molar-refractivity contribution in [2.24, 2.45) is 10.9 Å². The van der Waals surface area contributed by atoms with Crippen molar-refractivity contribution in [1.29, 1.82) is 0 Å². The number of hydrogen-bond acceptors (Lipinski definition) is 4. The highest BCUT2D eigenvalue weighted by Crippen LogP contribution is 2.29. The zero-order valence-corrected chi connectivity index (χ0v) is 16.6. The number of likely N-dealkylation sites (N-methyl/N-ethyl adjacent to an activating group) is 1. The maximum Gasteiger partial charge on any atom is 0.191 e. The largest absolute Gasteiger partial charge is 0.496 e. The normalized spacial score (nSPS) is 15.8. The Balaban J connectivity index is 1.76. The summed E-state index contributed by atoms with van der Waals surface area (Å²) in [4.78, 5) is 6.50. The van der Waals surface area contributed by atoms with Crippen LogP contribution >= 0.6 is 0 Å². The van der Waals surface area contributed by atoms with Gasteiger partial charge in [-0.2, -0.15) is 0 Å². The number of benzene rings is 1. The van der Waals surface area contributed by atoms with E-state index in [2.05, 4.69) is 40.7 Å². The van der Waals surface area contributed by atoms with Crippen molar-refractivity contribution in [3.8, 4) is 5.75 Å². The average Bonchev–Trinajstić information content (AvgIpc) is 3.47. The molecular weight excluding hydrogens is 328 g/mol. The van der Waals surface area contributed by atoms with Gasteiger partial charge in [-0.15, -0.1) is 0 Å². The van der Waals surface area contributed by atoms with E-state index in [0.717, 1.165) is 55.9 Å². The highest BCUT2D eigenvalue weighted by atomic mass is 16.5. The molecule has 0 aromatic heterocycles. The van der Waals surface area contributed by atoms with Gasteiger partial charge in [0.2, 0.25) is 0 Å². The maximum atomic E-state index is 5.67. The molecule has 0 amide bonds. The van der Waals surface area contributed by atoms with Gasteiger partial charge in [0.15, 0.2) is 5.96 Å². The minimum absolute atomic E-state index is 0.187. The van der Waals surface area contributed by atoms with Gasteiger partial charge < -0.3 is 25.0 Å². The van der Waals surface area contributed by atoms with Crippen LogP contribution in [0.3, 0.4) is 0 Å². The number of ether oxygens (including phenoxy) is 2. The summed E-state index contributed by atoms with van der Waals surface area (Å²) in [6, 6.07) is 8.34. The first-order valence-corrected chi connectivity index (χ1v) is 9.47. The molecule has 1 aromatic rings. The lowest BCUT2D eigenvalue weighted by molar-refractivity contribution is 0.123. The van der Waals surface area contributed by atoms with Crippen LogP contribution in [-0.2, 0) is 4.74 Å². The molecule has 2 N–H and O–H groups in total. The Bertz CT molecular complexity index is 558. The first kappa shape index (κ1) is 20.5. The Hall–Kier alpha value is -1.79. The van der Waals surface area contributed by atoms with E-state index in [-0.39, 0.29) is 6.04 Å². The SMILES string of the molecule is CN=C(NCCCOCC1CC1)NCC(c1ccccc1OC)N(C)C. The van der Waals surface area contributed by atoms with Crippen molar-refractivity contribution >= 4 is 5.96 Å². The fourth-order valence-corrected chi connectivity index (χ4v) is 2.84. The molecule has 1 aliphatic rings. The van der Waals surface area contributed by atoms with E-state index in [1.165, 1.54) is 12.8 Å². The first-order valence-electron chi connectivity index (χ1n) is 9.47. The van der Waals surface area contributed by atoms with Gasteiger partial charge in [-0.25, -0.2) is 0 Å². The molecule has 1 unspecified atom stereocenters. The zero-order valence-electron chi connectivity index (χ0n) is 16.6. The van der Waals surface area contributed by atoms with Gasteiger partial charge in [0.05, 0.1) is 13.2 Å². The lowest BCUT2D eigenvalue weighted by Crippen LogP contribution is -2.42. The van der Waals surface area contributed by atoms with E-state index in [4.69, 9.17) is 9.47 Å². The van der Waals surface area contributed by atoms with Gasteiger partial charge in [-0.1, -0.05) is 18.2 Å². The molecule has 0 saturated heterocycles. The van der Waals surface area contributed by atoms with E-state index < -0.39 is 0 Å². The molecule has 2 rings (SSSR count). The molecule has 1 saturated carbocycles. The van der Waals surface area contributed by atoms with Gasteiger partial charge in [-0.3, -0.25) is 4.99 Å².